The molecule has 0 N–H and O–H groups in total. The summed E-state index contributed by atoms with van der Waals surface area (Å²) < 4.78 is 2.52. The van der Waals surface area contributed by atoms with Gasteiger partial charge >= 0.3 is 0 Å². The van der Waals surface area contributed by atoms with Crippen LogP contribution in [-0.4, -0.2) is 9.97 Å². The minimum atomic E-state index is -0.569. The number of hydrogen-bond acceptors (Lipinski definition) is 2. The number of pyridine rings is 1. The van der Waals surface area contributed by atoms with E-state index in [2.05, 4.69) is 247 Å². The van der Waals surface area contributed by atoms with Crippen molar-refractivity contribution in [1.82, 2.24) is 9.97 Å². The molecule has 0 saturated carbocycles. The normalized spacial score (nSPS) is 12.4. The summed E-state index contributed by atoms with van der Waals surface area (Å²) in [6, 6.07) is 64.4. The Morgan fingerprint density at radius 2 is 1.22 bits per heavy atom. The van der Waals surface area contributed by atoms with Crippen molar-refractivity contribution in [3.63, 3.8) is 0 Å². The lowest BCUT2D eigenvalue weighted by molar-refractivity contribution is -0.741. The lowest BCUT2D eigenvalue weighted by atomic mass is 9.82. The van der Waals surface area contributed by atoms with Crippen molar-refractivity contribution in [1.29, 1.82) is 0 Å². The second-order valence-corrected chi connectivity index (χ2v) is 20.0. The van der Waals surface area contributed by atoms with Gasteiger partial charge in [0.1, 0.15) is 0 Å². The van der Waals surface area contributed by atoms with Gasteiger partial charge in [0.2, 0.25) is 5.69 Å². The van der Waals surface area contributed by atoms with Crippen LogP contribution >= 0.6 is 0 Å². The summed E-state index contributed by atoms with van der Waals surface area (Å²) in [6.45, 7) is 22.1. The smallest absolute Gasteiger partial charge is 0.214 e. The number of unbranched alkanes of at least 4 members (excludes halogenated alkanes) is 3. The van der Waals surface area contributed by atoms with Crippen molar-refractivity contribution in [2.24, 2.45) is 0 Å². The Hall–Kier alpha value is -7.75. The minimum absolute atomic E-state index is 0.569. The molecule has 3 heteroatoms. The minimum Gasteiger partial charge on any atom is -0.228 e. The molecule has 2 heterocycles. The molecule has 7 aromatic carbocycles. The molecule has 0 fully saturated rings. The van der Waals surface area contributed by atoms with Gasteiger partial charge in [-0.25, -0.2) is 9.97 Å². The highest BCUT2D eigenvalue weighted by molar-refractivity contribution is 5.95. The number of nitrogens with zero attached hydrogens (tertiary/aromatic N) is 3. The molecule has 1 unspecified atom stereocenters. The standard InChI is InChI=1S/C70H70N3/c1-9-49(4)44-55(10-2)58-40-41-64(63(47-58)69-71-65-37-23-22-36-61(65)68(72-69)67-51(6)26-24-27-52(67)7)70(8,11-3)73-43-42-60(56-33-20-15-21-34-56)48-66(73)62-46-59(39-38-50(62)5)57-35-25-32-54(45-57)31-17-13-12-16-28-53-29-18-14-19-30-53/h10,14-15,18-27,29-30,32-48H,2,4,9,11-13,16-17,28,31H2,1,3,5-8H3/q+1/b55-44+. The van der Waals surface area contributed by atoms with Gasteiger partial charge in [-0.2, -0.15) is 4.57 Å². The summed E-state index contributed by atoms with van der Waals surface area (Å²) >= 11 is 0. The van der Waals surface area contributed by atoms with E-state index in [1.165, 1.54) is 81.3 Å². The van der Waals surface area contributed by atoms with Gasteiger partial charge < -0.3 is 0 Å². The van der Waals surface area contributed by atoms with Crippen LogP contribution < -0.4 is 4.57 Å². The highest BCUT2D eigenvalue weighted by Gasteiger charge is 2.41. The monoisotopic (exact) mass is 953 g/mol. The Bertz CT molecular complexity index is 3430. The molecule has 0 spiro atoms. The van der Waals surface area contributed by atoms with Crippen LogP contribution in [0.3, 0.4) is 0 Å². The molecule has 0 amide bonds. The van der Waals surface area contributed by atoms with E-state index < -0.39 is 5.54 Å². The van der Waals surface area contributed by atoms with E-state index in [0.717, 1.165) is 81.4 Å². The van der Waals surface area contributed by atoms with Crippen LogP contribution in [0.2, 0.25) is 0 Å². The molecule has 9 rings (SSSR count). The second kappa shape index (κ2) is 22.8. The van der Waals surface area contributed by atoms with Gasteiger partial charge in [0.25, 0.3) is 0 Å². The van der Waals surface area contributed by atoms with E-state index in [4.69, 9.17) is 9.97 Å². The summed E-state index contributed by atoms with van der Waals surface area (Å²) in [5, 5.41) is 1.04. The van der Waals surface area contributed by atoms with Gasteiger partial charge in [0.05, 0.1) is 11.2 Å². The van der Waals surface area contributed by atoms with E-state index in [9.17, 15) is 0 Å². The van der Waals surface area contributed by atoms with Crippen molar-refractivity contribution in [3.8, 4) is 56.2 Å². The van der Waals surface area contributed by atoms with Gasteiger partial charge in [-0.15, -0.1) is 0 Å². The highest BCUT2D eigenvalue weighted by Crippen LogP contribution is 2.41. The molecule has 0 aliphatic heterocycles. The van der Waals surface area contributed by atoms with Crippen LogP contribution in [0, 0.1) is 20.8 Å². The summed E-state index contributed by atoms with van der Waals surface area (Å²) in [5.41, 5.74) is 21.2. The van der Waals surface area contributed by atoms with Gasteiger partial charge in [-0.05, 0) is 132 Å². The molecule has 1 atom stereocenters. The summed E-state index contributed by atoms with van der Waals surface area (Å²) in [4.78, 5) is 11.1. The third-order valence-corrected chi connectivity index (χ3v) is 15.1. The van der Waals surface area contributed by atoms with Crippen LogP contribution in [0.1, 0.15) is 98.2 Å². The molecule has 3 nitrogen and oxygen atoms in total. The maximum atomic E-state index is 5.63. The van der Waals surface area contributed by atoms with E-state index in [-0.39, 0.29) is 0 Å². The number of allylic oxidation sites excluding steroid dienone is 4. The highest BCUT2D eigenvalue weighted by atomic mass is 15.1. The van der Waals surface area contributed by atoms with E-state index in [0.29, 0.717) is 5.82 Å². The number of aromatic nitrogens is 3. The van der Waals surface area contributed by atoms with Crippen LogP contribution in [-0.2, 0) is 18.4 Å². The van der Waals surface area contributed by atoms with Crippen LogP contribution in [0.4, 0.5) is 0 Å². The topological polar surface area (TPSA) is 29.7 Å². The molecular formula is C70H70N3+. The molecule has 0 aliphatic carbocycles. The SMILES string of the molecule is C=C/C(=C\C(=C)CC)c1ccc(C(C)(CC)[n+]2ccc(-c3ccccc3)cc2-c2cc(-c3cccc(CCCCCCc4ccccc4)c3)ccc2C)c(-c2nc(-c3c(C)cccc3C)c3ccccc3n2)c1. The average Bonchev–Trinajstić information content (AvgIpc) is 3.43. The Morgan fingerprint density at radius 1 is 0.575 bits per heavy atom. The third-order valence-electron chi connectivity index (χ3n) is 15.1. The summed E-state index contributed by atoms with van der Waals surface area (Å²) in [6.07, 6.45) is 15.2. The molecule has 0 radical (unpaired) electrons. The van der Waals surface area contributed by atoms with Crippen LogP contribution in [0.25, 0.3) is 72.6 Å². The Kier molecular flexibility index (Phi) is 15.7. The number of rotatable bonds is 19. The number of hydrogen-bond donors (Lipinski definition) is 0. The predicted octanol–water partition coefficient (Wildman–Crippen LogP) is 18.2. The molecule has 2 aromatic heterocycles. The molecule has 73 heavy (non-hydrogen) atoms. The summed E-state index contributed by atoms with van der Waals surface area (Å²) in [7, 11) is 0. The summed E-state index contributed by atoms with van der Waals surface area (Å²) in [5.74, 6) is 0.693. The maximum Gasteiger partial charge on any atom is 0.214 e. The lowest BCUT2D eigenvalue weighted by Crippen LogP contribution is -2.56. The molecule has 0 saturated heterocycles. The largest absolute Gasteiger partial charge is 0.228 e. The predicted molar refractivity (Wildman–Crippen MR) is 311 cm³/mol. The first-order valence-electron chi connectivity index (χ1n) is 26.4. The fourth-order valence-electron chi connectivity index (χ4n) is 10.6. The molecular weight excluding hydrogens is 883 g/mol. The zero-order chi connectivity index (χ0) is 50.9. The Morgan fingerprint density at radius 3 is 1.95 bits per heavy atom. The molecule has 9 aromatic rings. The number of benzene rings is 7. The van der Waals surface area contributed by atoms with Gasteiger partial charge in [0, 0.05) is 53.1 Å². The van der Waals surface area contributed by atoms with Gasteiger partial charge in [-0.1, -0.05) is 203 Å². The number of aryl methyl sites for hydroxylation is 5. The fourth-order valence-corrected chi connectivity index (χ4v) is 10.6. The molecule has 0 bridgehead atoms. The Balaban J connectivity index is 1.18. The van der Waals surface area contributed by atoms with Crippen molar-refractivity contribution >= 4 is 16.5 Å². The number of para-hydroxylation sites is 1. The van der Waals surface area contributed by atoms with E-state index in [1.54, 1.807) is 0 Å². The van der Waals surface area contributed by atoms with E-state index >= 15 is 0 Å². The fraction of sp³-hybridized carbons (Fsp3) is 0.214. The van der Waals surface area contributed by atoms with Crippen molar-refractivity contribution in [3.05, 3.63) is 252 Å². The molecule has 0 aliphatic rings. The second-order valence-electron chi connectivity index (χ2n) is 20.0. The zero-order valence-corrected chi connectivity index (χ0v) is 43.9. The van der Waals surface area contributed by atoms with Crippen molar-refractivity contribution in [2.45, 2.75) is 98.4 Å². The first-order chi connectivity index (χ1) is 35.6. The maximum absolute atomic E-state index is 5.63. The first-order valence-corrected chi connectivity index (χ1v) is 26.4. The zero-order valence-electron chi connectivity index (χ0n) is 43.9. The van der Waals surface area contributed by atoms with E-state index in [1.807, 2.05) is 6.08 Å². The quantitative estimate of drug-likeness (QED) is 0.0459. The van der Waals surface area contributed by atoms with Crippen LogP contribution in [0.5, 0.6) is 0 Å². The van der Waals surface area contributed by atoms with Gasteiger partial charge in [0.15, 0.2) is 17.6 Å². The Labute approximate surface area is 435 Å². The number of fused-ring (bicyclic) bond motifs is 1. The van der Waals surface area contributed by atoms with Gasteiger partial charge in [-0.3, -0.25) is 0 Å². The average molecular weight is 953 g/mol. The van der Waals surface area contributed by atoms with Crippen LogP contribution in [0.15, 0.2) is 213 Å². The molecule has 364 valence electrons. The van der Waals surface area contributed by atoms with Crippen molar-refractivity contribution < 1.29 is 4.57 Å². The van der Waals surface area contributed by atoms with Crippen molar-refractivity contribution in [2.75, 3.05) is 0 Å². The lowest BCUT2D eigenvalue weighted by Gasteiger charge is -2.29. The first kappa shape index (κ1) is 50.2. The third kappa shape index (κ3) is 11.0.